The molecule has 0 bridgehead atoms. The van der Waals surface area contributed by atoms with Gasteiger partial charge in [0.25, 0.3) is 0 Å². The molecule has 0 spiro atoms. The van der Waals surface area contributed by atoms with Gasteiger partial charge < -0.3 is 5.32 Å². The minimum Gasteiger partial charge on any atom is -0.335 e. The zero-order valence-electron chi connectivity index (χ0n) is 10.2. The van der Waals surface area contributed by atoms with Gasteiger partial charge in [-0.1, -0.05) is 17.8 Å². The van der Waals surface area contributed by atoms with Gasteiger partial charge in [-0.25, -0.2) is 13.6 Å². The molecule has 2 rings (SSSR count). The SMILES string of the molecule is CC1(C)CSC(Nc2cccc(S(N)(=O)=O)c2)=N1. The second-order valence-corrected chi connectivity index (χ2v) is 7.24. The zero-order chi connectivity index (χ0) is 13.4. The van der Waals surface area contributed by atoms with E-state index in [-0.39, 0.29) is 10.4 Å². The standard InChI is InChI=1S/C11H15N3O2S2/c1-11(2)7-17-10(14-11)13-8-4-3-5-9(6-8)18(12,15)16/h3-6H,7H2,1-2H3,(H,13,14)(H2,12,15,16). The monoisotopic (exact) mass is 285 g/mol. The van der Waals surface area contributed by atoms with Crippen LogP contribution in [0.1, 0.15) is 13.8 Å². The van der Waals surface area contributed by atoms with Crippen LogP contribution in [0.15, 0.2) is 34.2 Å². The van der Waals surface area contributed by atoms with Crippen molar-refractivity contribution in [1.29, 1.82) is 0 Å². The molecule has 3 N–H and O–H groups in total. The first-order valence-electron chi connectivity index (χ1n) is 5.39. The van der Waals surface area contributed by atoms with Crippen LogP contribution in [-0.2, 0) is 10.0 Å². The molecule has 0 radical (unpaired) electrons. The molecule has 7 heteroatoms. The number of nitrogens with two attached hydrogens (primary N) is 1. The number of aliphatic imine (C=N–C) groups is 1. The number of amidine groups is 1. The molecule has 1 heterocycles. The molecule has 1 aliphatic rings. The molecule has 1 aromatic rings. The van der Waals surface area contributed by atoms with Crippen molar-refractivity contribution in [2.45, 2.75) is 24.3 Å². The van der Waals surface area contributed by atoms with Gasteiger partial charge >= 0.3 is 0 Å². The highest BCUT2D eigenvalue weighted by Crippen LogP contribution is 2.28. The summed E-state index contributed by atoms with van der Waals surface area (Å²) in [5, 5.41) is 8.99. The van der Waals surface area contributed by atoms with Crippen molar-refractivity contribution >= 4 is 32.6 Å². The van der Waals surface area contributed by atoms with E-state index in [1.807, 2.05) is 0 Å². The smallest absolute Gasteiger partial charge is 0.238 e. The predicted molar refractivity (Wildman–Crippen MR) is 75.4 cm³/mol. The summed E-state index contributed by atoms with van der Waals surface area (Å²) in [5.41, 5.74) is 0.593. The van der Waals surface area contributed by atoms with Gasteiger partial charge in [-0.15, -0.1) is 0 Å². The largest absolute Gasteiger partial charge is 0.335 e. The van der Waals surface area contributed by atoms with Crippen molar-refractivity contribution in [2.24, 2.45) is 10.1 Å². The molecule has 0 fully saturated rings. The third-order valence-electron chi connectivity index (χ3n) is 2.38. The van der Waals surface area contributed by atoms with Crippen LogP contribution in [0.3, 0.4) is 0 Å². The van der Waals surface area contributed by atoms with Crippen LogP contribution < -0.4 is 10.5 Å². The number of sulfonamides is 1. The maximum atomic E-state index is 11.2. The van der Waals surface area contributed by atoms with Gasteiger partial charge in [-0.2, -0.15) is 0 Å². The van der Waals surface area contributed by atoms with E-state index >= 15 is 0 Å². The van der Waals surface area contributed by atoms with E-state index in [1.165, 1.54) is 12.1 Å². The Morgan fingerprint density at radius 2 is 2.17 bits per heavy atom. The Morgan fingerprint density at radius 1 is 1.44 bits per heavy atom. The Hall–Kier alpha value is -1.05. The molecular formula is C11H15N3O2S2. The summed E-state index contributed by atoms with van der Waals surface area (Å²) in [6.45, 7) is 4.10. The summed E-state index contributed by atoms with van der Waals surface area (Å²) in [4.78, 5) is 4.59. The van der Waals surface area contributed by atoms with Crippen LogP contribution in [-0.4, -0.2) is 24.9 Å². The van der Waals surface area contributed by atoms with Gasteiger partial charge in [0, 0.05) is 11.4 Å². The third-order valence-corrected chi connectivity index (χ3v) is 4.61. The highest BCUT2D eigenvalue weighted by Gasteiger charge is 2.25. The van der Waals surface area contributed by atoms with Gasteiger partial charge in [0.1, 0.15) is 0 Å². The number of hydrogen-bond donors (Lipinski definition) is 2. The van der Waals surface area contributed by atoms with Gasteiger partial charge in [-0.05, 0) is 32.0 Å². The summed E-state index contributed by atoms with van der Waals surface area (Å²) in [6, 6.07) is 6.40. The summed E-state index contributed by atoms with van der Waals surface area (Å²) in [6.07, 6.45) is 0. The normalized spacial score (nSPS) is 18.5. The number of rotatable bonds is 2. The number of thioether (sulfide) groups is 1. The van der Waals surface area contributed by atoms with E-state index in [0.29, 0.717) is 5.69 Å². The van der Waals surface area contributed by atoms with Crippen molar-refractivity contribution in [3.05, 3.63) is 24.3 Å². The van der Waals surface area contributed by atoms with Crippen molar-refractivity contribution in [3.8, 4) is 0 Å². The quantitative estimate of drug-likeness (QED) is 0.865. The van der Waals surface area contributed by atoms with E-state index in [1.54, 1.807) is 23.9 Å². The van der Waals surface area contributed by atoms with Crippen LogP contribution in [0.2, 0.25) is 0 Å². The Balaban J connectivity index is 2.21. The lowest BCUT2D eigenvalue weighted by Gasteiger charge is -2.09. The average molecular weight is 285 g/mol. The number of benzene rings is 1. The fourth-order valence-corrected chi connectivity index (χ4v) is 3.14. The molecule has 1 aliphatic heterocycles. The second-order valence-electron chi connectivity index (χ2n) is 4.72. The van der Waals surface area contributed by atoms with Crippen LogP contribution in [0.5, 0.6) is 0 Å². The molecule has 0 amide bonds. The predicted octanol–water partition coefficient (Wildman–Crippen LogP) is 1.63. The Kier molecular flexibility index (Phi) is 3.39. The number of anilines is 1. The molecule has 0 atom stereocenters. The molecule has 0 saturated heterocycles. The van der Waals surface area contributed by atoms with E-state index in [4.69, 9.17) is 5.14 Å². The van der Waals surface area contributed by atoms with E-state index in [9.17, 15) is 8.42 Å². The van der Waals surface area contributed by atoms with E-state index < -0.39 is 10.0 Å². The lowest BCUT2D eigenvalue weighted by molar-refractivity contribution is 0.597. The first-order chi connectivity index (χ1) is 8.26. The zero-order valence-corrected chi connectivity index (χ0v) is 11.8. The maximum Gasteiger partial charge on any atom is 0.238 e. The van der Waals surface area contributed by atoms with E-state index in [0.717, 1.165) is 10.9 Å². The lowest BCUT2D eigenvalue weighted by atomic mass is 10.1. The van der Waals surface area contributed by atoms with E-state index in [2.05, 4.69) is 24.2 Å². The first kappa shape index (κ1) is 13.4. The molecule has 0 aromatic heterocycles. The molecule has 5 nitrogen and oxygen atoms in total. The molecule has 0 aliphatic carbocycles. The average Bonchev–Trinajstić information content (AvgIpc) is 2.57. The second kappa shape index (κ2) is 4.56. The minimum atomic E-state index is -3.67. The maximum absolute atomic E-state index is 11.2. The summed E-state index contributed by atoms with van der Waals surface area (Å²) in [5.74, 6) is 0.907. The van der Waals surface area contributed by atoms with Crippen LogP contribution >= 0.6 is 11.8 Å². The molecule has 0 unspecified atom stereocenters. The Morgan fingerprint density at radius 3 is 2.72 bits per heavy atom. The molecule has 18 heavy (non-hydrogen) atoms. The molecule has 98 valence electrons. The fourth-order valence-electron chi connectivity index (χ4n) is 1.52. The molecular weight excluding hydrogens is 270 g/mol. The number of nitrogens with one attached hydrogen (secondary N) is 1. The van der Waals surface area contributed by atoms with Crippen molar-refractivity contribution < 1.29 is 8.42 Å². The van der Waals surface area contributed by atoms with Crippen LogP contribution in [0.25, 0.3) is 0 Å². The Labute approximate surface area is 111 Å². The fraction of sp³-hybridized carbons (Fsp3) is 0.364. The van der Waals surface area contributed by atoms with Gasteiger partial charge in [-0.3, -0.25) is 4.99 Å². The Bertz CT molecular complexity index is 594. The van der Waals surface area contributed by atoms with Gasteiger partial charge in [0.05, 0.1) is 10.4 Å². The highest BCUT2D eigenvalue weighted by atomic mass is 32.2. The summed E-state index contributed by atoms with van der Waals surface area (Å²) in [7, 11) is -3.67. The lowest BCUT2D eigenvalue weighted by Crippen LogP contribution is -2.15. The number of hydrogen-bond acceptors (Lipinski definition) is 5. The topological polar surface area (TPSA) is 84.5 Å². The molecule has 0 saturated carbocycles. The summed E-state index contributed by atoms with van der Waals surface area (Å²) < 4.78 is 22.5. The first-order valence-corrected chi connectivity index (χ1v) is 7.92. The van der Waals surface area contributed by atoms with Crippen molar-refractivity contribution in [3.63, 3.8) is 0 Å². The van der Waals surface area contributed by atoms with Crippen molar-refractivity contribution in [1.82, 2.24) is 0 Å². The van der Waals surface area contributed by atoms with Crippen molar-refractivity contribution in [2.75, 3.05) is 11.1 Å². The summed E-state index contributed by atoms with van der Waals surface area (Å²) >= 11 is 1.62. The van der Waals surface area contributed by atoms with Gasteiger partial charge in [0.15, 0.2) is 5.17 Å². The number of nitrogens with zero attached hydrogens (tertiary/aromatic N) is 1. The van der Waals surface area contributed by atoms with Crippen LogP contribution in [0.4, 0.5) is 5.69 Å². The third kappa shape index (κ3) is 3.24. The minimum absolute atomic E-state index is 0.0788. The highest BCUT2D eigenvalue weighted by molar-refractivity contribution is 8.14. The van der Waals surface area contributed by atoms with Gasteiger partial charge in [0.2, 0.25) is 10.0 Å². The van der Waals surface area contributed by atoms with Crippen LogP contribution in [0, 0.1) is 0 Å². The molecule has 1 aromatic carbocycles. The number of primary sulfonamides is 1.